The number of hydrogen-bond acceptors (Lipinski definition) is 5. The van der Waals surface area contributed by atoms with Crippen LogP contribution in [0.3, 0.4) is 0 Å². The van der Waals surface area contributed by atoms with Gasteiger partial charge in [-0.2, -0.15) is 0 Å². The Morgan fingerprint density at radius 2 is 2.08 bits per heavy atom. The van der Waals surface area contributed by atoms with E-state index in [1.54, 1.807) is 18.3 Å². The van der Waals surface area contributed by atoms with Crippen molar-refractivity contribution in [3.8, 4) is 11.3 Å². The largest absolute Gasteiger partial charge is 0.324 e. The van der Waals surface area contributed by atoms with Crippen LogP contribution in [0.15, 0.2) is 46.8 Å². The molecule has 7 heteroatoms. The summed E-state index contributed by atoms with van der Waals surface area (Å²) in [6.45, 7) is 3.58. The maximum Gasteiger partial charge on any atom is 0.253 e. The summed E-state index contributed by atoms with van der Waals surface area (Å²) in [7, 11) is 0. The Morgan fingerprint density at radius 3 is 2.79 bits per heavy atom. The molecule has 122 valence electrons. The van der Waals surface area contributed by atoms with Crippen LogP contribution in [0.25, 0.3) is 11.3 Å². The lowest BCUT2D eigenvalue weighted by Gasteiger charge is -2.10. The first-order valence-corrected chi connectivity index (χ1v) is 8.25. The number of hydrogen-bond donors (Lipinski definition) is 1. The van der Waals surface area contributed by atoms with E-state index in [4.69, 9.17) is 0 Å². The molecule has 0 radical (unpaired) electrons. The van der Waals surface area contributed by atoms with Gasteiger partial charge in [0, 0.05) is 22.7 Å². The summed E-state index contributed by atoms with van der Waals surface area (Å²) in [6.07, 6.45) is 1.38. The molecule has 0 aliphatic carbocycles. The molecule has 24 heavy (non-hydrogen) atoms. The summed E-state index contributed by atoms with van der Waals surface area (Å²) in [4.78, 5) is 32.6. The number of aryl methyl sites for hydroxylation is 2. The van der Waals surface area contributed by atoms with Crippen molar-refractivity contribution in [1.29, 1.82) is 0 Å². The summed E-state index contributed by atoms with van der Waals surface area (Å²) in [5.74, 6) is -0.290. The number of amides is 1. The fourth-order valence-electron chi connectivity index (χ4n) is 2.28. The minimum atomic E-state index is -0.290. The van der Waals surface area contributed by atoms with Crippen molar-refractivity contribution < 1.29 is 4.79 Å². The zero-order chi connectivity index (χ0) is 17.1. The monoisotopic (exact) mass is 340 g/mol. The lowest BCUT2D eigenvalue weighted by molar-refractivity contribution is -0.116. The van der Waals surface area contributed by atoms with E-state index in [9.17, 15) is 9.59 Å². The predicted molar refractivity (Wildman–Crippen MR) is 94.2 cm³/mol. The number of thiazole rings is 1. The number of carbonyl (C=O) groups is 1. The van der Waals surface area contributed by atoms with Crippen LogP contribution in [0, 0.1) is 13.8 Å². The van der Waals surface area contributed by atoms with Gasteiger partial charge in [-0.05, 0) is 19.9 Å². The summed E-state index contributed by atoms with van der Waals surface area (Å²) in [5.41, 5.74) is 2.72. The standard InChI is InChI=1S/C17H16N4O2S/c1-11-7-17(23)21(10-18-11)8-16(22)20-14-6-4-3-5-13(14)15-9-24-12(2)19-15/h3-7,9-10H,8H2,1-2H3,(H,20,22). The van der Waals surface area contributed by atoms with E-state index in [1.165, 1.54) is 17.0 Å². The van der Waals surface area contributed by atoms with Crippen molar-refractivity contribution in [1.82, 2.24) is 14.5 Å². The second-order valence-electron chi connectivity index (χ2n) is 5.34. The number of anilines is 1. The Morgan fingerprint density at radius 1 is 1.29 bits per heavy atom. The van der Waals surface area contributed by atoms with Crippen molar-refractivity contribution in [2.45, 2.75) is 20.4 Å². The van der Waals surface area contributed by atoms with E-state index in [1.807, 2.05) is 36.6 Å². The van der Waals surface area contributed by atoms with Gasteiger partial charge in [0.25, 0.3) is 5.56 Å². The van der Waals surface area contributed by atoms with Gasteiger partial charge in [0.1, 0.15) is 6.54 Å². The molecule has 0 atom stereocenters. The number of nitrogens with zero attached hydrogens (tertiary/aromatic N) is 3. The van der Waals surface area contributed by atoms with Gasteiger partial charge < -0.3 is 5.32 Å². The quantitative estimate of drug-likeness (QED) is 0.792. The van der Waals surface area contributed by atoms with Crippen LogP contribution in [0.1, 0.15) is 10.7 Å². The van der Waals surface area contributed by atoms with Crippen molar-refractivity contribution in [3.63, 3.8) is 0 Å². The Hall–Kier alpha value is -2.80. The van der Waals surface area contributed by atoms with Gasteiger partial charge in [0.2, 0.25) is 5.91 Å². The number of aromatic nitrogens is 3. The maximum atomic E-state index is 12.3. The number of benzene rings is 1. The van der Waals surface area contributed by atoms with Crippen molar-refractivity contribution in [3.05, 3.63) is 63.1 Å². The highest BCUT2D eigenvalue weighted by atomic mass is 32.1. The molecule has 3 aromatic rings. The smallest absolute Gasteiger partial charge is 0.253 e. The molecular formula is C17H16N4O2S. The van der Waals surface area contributed by atoms with E-state index in [0.29, 0.717) is 11.4 Å². The van der Waals surface area contributed by atoms with Crippen LogP contribution in [0.4, 0.5) is 5.69 Å². The van der Waals surface area contributed by atoms with E-state index in [0.717, 1.165) is 16.3 Å². The van der Waals surface area contributed by atoms with Gasteiger partial charge in [-0.15, -0.1) is 11.3 Å². The zero-order valence-corrected chi connectivity index (χ0v) is 14.1. The third kappa shape index (κ3) is 3.57. The van der Waals surface area contributed by atoms with Crippen LogP contribution in [0.2, 0.25) is 0 Å². The second-order valence-corrected chi connectivity index (χ2v) is 6.40. The Labute approximate surface area is 142 Å². The van der Waals surface area contributed by atoms with Crippen LogP contribution < -0.4 is 10.9 Å². The Balaban J connectivity index is 1.81. The van der Waals surface area contributed by atoms with Gasteiger partial charge in [-0.1, -0.05) is 18.2 Å². The maximum absolute atomic E-state index is 12.3. The first-order valence-electron chi connectivity index (χ1n) is 7.37. The molecule has 0 aliphatic heterocycles. The molecule has 0 saturated heterocycles. The average molecular weight is 340 g/mol. The molecule has 1 N–H and O–H groups in total. The van der Waals surface area contributed by atoms with Crippen LogP contribution >= 0.6 is 11.3 Å². The van der Waals surface area contributed by atoms with E-state index < -0.39 is 0 Å². The predicted octanol–water partition coefficient (Wildman–Crippen LogP) is 2.62. The number of para-hydroxylation sites is 1. The number of carbonyl (C=O) groups excluding carboxylic acids is 1. The van der Waals surface area contributed by atoms with Crippen LogP contribution in [-0.2, 0) is 11.3 Å². The molecule has 0 fully saturated rings. The van der Waals surface area contributed by atoms with E-state index in [2.05, 4.69) is 15.3 Å². The molecule has 0 aliphatic rings. The van der Waals surface area contributed by atoms with Gasteiger partial charge in [-0.3, -0.25) is 14.2 Å². The number of nitrogens with one attached hydrogen (secondary N) is 1. The molecule has 0 unspecified atom stereocenters. The fourth-order valence-corrected chi connectivity index (χ4v) is 2.90. The van der Waals surface area contributed by atoms with E-state index in [-0.39, 0.29) is 18.0 Å². The van der Waals surface area contributed by atoms with Crippen molar-refractivity contribution in [2.75, 3.05) is 5.32 Å². The molecule has 2 aromatic heterocycles. The minimum Gasteiger partial charge on any atom is -0.324 e. The highest BCUT2D eigenvalue weighted by Crippen LogP contribution is 2.28. The van der Waals surface area contributed by atoms with Crippen molar-refractivity contribution in [2.24, 2.45) is 0 Å². The third-order valence-electron chi connectivity index (χ3n) is 3.43. The summed E-state index contributed by atoms with van der Waals surface area (Å²) in [5, 5.41) is 5.76. The van der Waals surface area contributed by atoms with Gasteiger partial charge in [0.05, 0.1) is 22.7 Å². The summed E-state index contributed by atoms with van der Waals surface area (Å²) in [6, 6.07) is 8.87. The van der Waals surface area contributed by atoms with Gasteiger partial charge >= 0.3 is 0 Å². The fraction of sp³-hybridized carbons (Fsp3) is 0.176. The Kier molecular flexibility index (Phi) is 4.52. The molecular weight excluding hydrogens is 324 g/mol. The topological polar surface area (TPSA) is 76.9 Å². The number of rotatable bonds is 4. The first kappa shape index (κ1) is 16.1. The molecule has 1 aromatic carbocycles. The molecule has 6 nitrogen and oxygen atoms in total. The van der Waals surface area contributed by atoms with Crippen molar-refractivity contribution >= 4 is 22.9 Å². The van der Waals surface area contributed by atoms with Gasteiger partial charge in [-0.25, -0.2) is 9.97 Å². The lowest BCUT2D eigenvalue weighted by atomic mass is 10.1. The molecule has 1 amide bonds. The zero-order valence-electron chi connectivity index (χ0n) is 13.3. The highest BCUT2D eigenvalue weighted by Gasteiger charge is 2.11. The van der Waals surface area contributed by atoms with Crippen LogP contribution in [0.5, 0.6) is 0 Å². The summed E-state index contributed by atoms with van der Waals surface area (Å²) >= 11 is 1.56. The summed E-state index contributed by atoms with van der Waals surface area (Å²) < 4.78 is 1.28. The van der Waals surface area contributed by atoms with E-state index >= 15 is 0 Å². The third-order valence-corrected chi connectivity index (χ3v) is 4.20. The SMILES string of the molecule is Cc1cc(=O)n(CC(=O)Nc2ccccc2-c2csc(C)n2)cn1. The molecule has 3 rings (SSSR count). The minimum absolute atomic E-state index is 0.0868. The Bertz CT molecular complexity index is 946. The molecule has 0 bridgehead atoms. The molecule has 0 spiro atoms. The van der Waals surface area contributed by atoms with Crippen LogP contribution in [-0.4, -0.2) is 20.4 Å². The second kappa shape index (κ2) is 6.76. The first-order chi connectivity index (χ1) is 11.5. The van der Waals surface area contributed by atoms with Gasteiger partial charge in [0.15, 0.2) is 0 Å². The molecule has 0 saturated carbocycles. The average Bonchev–Trinajstić information content (AvgIpc) is 2.97. The lowest BCUT2D eigenvalue weighted by Crippen LogP contribution is -2.27. The normalized spacial score (nSPS) is 10.6. The molecule has 2 heterocycles. The highest BCUT2D eigenvalue weighted by molar-refractivity contribution is 7.09.